The lowest BCUT2D eigenvalue weighted by molar-refractivity contribution is -0.274. The van der Waals surface area contributed by atoms with Gasteiger partial charge in [0.1, 0.15) is 11.3 Å². The summed E-state index contributed by atoms with van der Waals surface area (Å²) in [5.74, 6) is 0.0949. The molecule has 0 bridgehead atoms. The lowest BCUT2D eigenvalue weighted by Crippen LogP contribution is -2.16. The zero-order valence-corrected chi connectivity index (χ0v) is 14.6. The third-order valence-corrected chi connectivity index (χ3v) is 4.31. The molecule has 2 aromatic heterocycles. The van der Waals surface area contributed by atoms with E-state index in [2.05, 4.69) is 14.9 Å². The summed E-state index contributed by atoms with van der Waals surface area (Å²) in [6.45, 7) is 0. The maximum Gasteiger partial charge on any atom is 0.573 e. The fourth-order valence-electron chi connectivity index (χ4n) is 2.63. The van der Waals surface area contributed by atoms with E-state index in [4.69, 9.17) is 8.83 Å². The molecule has 0 amide bonds. The SMILES string of the molecule is CSc1nnc(-c2ccc3occ(-c4ccc(OC(F)(F)F)cc4)c3c2)o1. The fourth-order valence-corrected chi connectivity index (χ4v) is 2.92. The van der Waals surface area contributed by atoms with Crippen molar-refractivity contribution < 1.29 is 26.7 Å². The molecule has 138 valence electrons. The first kappa shape index (κ1) is 17.5. The van der Waals surface area contributed by atoms with Crippen LogP contribution in [0.3, 0.4) is 0 Å². The molecule has 0 unspecified atom stereocenters. The van der Waals surface area contributed by atoms with Crippen molar-refractivity contribution in [2.75, 3.05) is 6.26 Å². The molecular formula is C18H11F3N2O3S. The summed E-state index contributed by atoms with van der Waals surface area (Å²) < 4.78 is 51.9. The number of fused-ring (bicyclic) bond motifs is 1. The van der Waals surface area contributed by atoms with Crippen LogP contribution in [0.5, 0.6) is 5.75 Å². The number of nitrogens with zero attached hydrogens (tertiary/aromatic N) is 2. The van der Waals surface area contributed by atoms with Gasteiger partial charge in [-0.1, -0.05) is 23.9 Å². The molecule has 0 aliphatic rings. The Labute approximate surface area is 155 Å². The van der Waals surface area contributed by atoms with Crippen molar-refractivity contribution in [3.8, 4) is 28.3 Å². The topological polar surface area (TPSA) is 61.3 Å². The normalized spacial score (nSPS) is 11.9. The van der Waals surface area contributed by atoms with Crippen molar-refractivity contribution in [3.05, 3.63) is 48.7 Å². The Bertz CT molecular complexity index is 1090. The van der Waals surface area contributed by atoms with Crippen LogP contribution >= 0.6 is 11.8 Å². The Kier molecular flexibility index (Phi) is 4.31. The second-order valence-corrected chi connectivity index (χ2v) is 6.27. The van der Waals surface area contributed by atoms with Gasteiger partial charge in [-0.2, -0.15) is 0 Å². The number of hydrogen-bond donors (Lipinski definition) is 0. The zero-order valence-electron chi connectivity index (χ0n) is 13.8. The van der Waals surface area contributed by atoms with Gasteiger partial charge in [0.05, 0.1) is 6.26 Å². The highest BCUT2D eigenvalue weighted by atomic mass is 32.2. The van der Waals surface area contributed by atoms with Crippen LogP contribution < -0.4 is 4.74 Å². The predicted molar refractivity (Wildman–Crippen MR) is 93.4 cm³/mol. The van der Waals surface area contributed by atoms with Crippen LogP contribution in [0.2, 0.25) is 0 Å². The van der Waals surface area contributed by atoms with Crippen LogP contribution in [0.1, 0.15) is 0 Å². The molecule has 2 heterocycles. The number of aromatic nitrogens is 2. The lowest BCUT2D eigenvalue weighted by atomic mass is 10.0. The van der Waals surface area contributed by atoms with E-state index in [1.165, 1.54) is 36.0 Å². The van der Waals surface area contributed by atoms with E-state index in [0.29, 0.717) is 22.3 Å². The Morgan fingerprint density at radius 2 is 1.74 bits per heavy atom. The third kappa shape index (κ3) is 3.63. The highest BCUT2D eigenvalue weighted by Crippen LogP contribution is 2.35. The monoisotopic (exact) mass is 392 g/mol. The van der Waals surface area contributed by atoms with Gasteiger partial charge in [0, 0.05) is 16.5 Å². The highest BCUT2D eigenvalue weighted by molar-refractivity contribution is 7.98. The van der Waals surface area contributed by atoms with Crippen LogP contribution in [0.25, 0.3) is 33.6 Å². The van der Waals surface area contributed by atoms with Gasteiger partial charge in [0.15, 0.2) is 0 Å². The largest absolute Gasteiger partial charge is 0.573 e. The van der Waals surface area contributed by atoms with E-state index in [1.54, 1.807) is 18.4 Å². The Morgan fingerprint density at radius 3 is 2.41 bits per heavy atom. The molecule has 27 heavy (non-hydrogen) atoms. The summed E-state index contributed by atoms with van der Waals surface area (Å²) >= 11 is 1.34. The smallest absolute Gasteiger partial charge is 0.464 e. The minimum atomic E-state index is -4.72. The van der Waals surface area contributed by atoms with Gasteiger partial charge in [0.2, 0.25) is 5.89 Å². The van der Waals surface area contributed by atoms with E-state index in [1.807, 2.05) is 12.3 Å². The van der Waals surface area contributed by atoms with Crippen LogP contribution in [-0.4, -0.2) is 22.8 Å². The highest BCUT2D eigenvalue weighted by Gasteiger charge is 2.31. The standard InChI is InChI=1S/C18H11F3N2O3S/c1-27-17-23-22-16(25-17)11-4-7-15-13(8-11)14(9-24-15)10-2-5-12(6-3-10)26-18(19,20)21/h2-9H,1H3. The minimum absolute atomic E-state index is 0.282. The van der Waals surface area contributed by atoms with Crippen LogP contribution in [0, 0.1) is 0 Å². The molecular weight excluding hydrogens is 381 g/mol. The van der Waals surface area contributed by atoms with Crippen molar-refractivity contribution in [1.82, 2.24) is 10.2 Å². The Morgan fingerprint density at radius 1 is 1.00 bits per heavy atom. The van der Waals surface area contributed by atoms with E-state index >= 15 is 0 Å². The van der Waals surface area contributed by atoms with E-state index in [-0.39, 0.29) is 5.75 Å². The van der Waals surface area contributed by atoms with Gasteiger partial charge in [-0.05, 0) is 42.2 Å². The maximum atomic E-state index is 12.3. The zero-order chi connectivity index (χ0) is 19.0. The average molecular weight is 392 g/mol. The second kappa shape index (κ2) is 6.66. The van der Waals surface area contributed by atoms with Crippen molar-refractivity contribution in [3.63, 3.8) is 0 Å². The average Bonchev–Trinajstić information content (AvgIpc) is 3.27. The Balaban J connectivity index is 1.70. The van der Waals surface area contributed by atoms with Crippen LogP contribution in [0.4, 0.5) is 13.2 Å². The number of thioether (sulfide) groups is 1. The number of rotatable bonds is 4. The summed E-state index contributed by atoms with van der Waals surface area (Å²) in [4.78, 5) is 0. The number of benzene rings is 2. The molecule has 0 saturated carbocycles. The molecule has 0 N–H and O–H groups in total. The quantitative estimate of drug-likeness (QED) is 0.411. The molecule has 2 aromatic carbocycles. The molecule has 0 spiro atoms. The summed E-state index contributed by atoms with van der Waals surface area (Å²) in [6.07, 6.45) is -1.34. The number of halogens is 3. The number of ether oxygens (including phenoxy) is 1. The second-order valence-electron chi connectivity index (χ2n) is 5.51. The van der Waals surface area contributed by atoms with Crippen molar-refractivity contribution in [2.24, 2.45) is 0 Å². The molecule has 0 radical (unpaired) electrons. The molecule has 0 aliphatic heterocycles. The molecule has 9 heteroatoms. The first-order valence-corrected chi connectivity index (χ1v) is 8.91. The minimum Gasteiger partial charge on any atom is -0.464 e. The summed E-state index contributed by atoms with van der Waals surface area (Å²) in [7, 11) is 0. The predicted octanol–water partition coefficient (Wildman–Crippen LogP) is 5.77. The summed E-state index contributed by atoms with van der Waals surface area (Å²) in [5, 5.41) is 9.16. The number of furan rings is 1. The fraction of sp³-hybridized carbons (Fsp3) is 0.111. The molecule has 0 fully saturated rings. The van der Waals surface area contributed by atoms with Crippen LogP contribution in [-0.2, 0) is 0 Å². The van der Waals surface area contributed by atoms with E-state index < -0.39 is 6.36 Å². The number of hydrogen-bond acceptors (Lipinski definition) is 6. The van der Waals surface area contributed by atoms with Crippen LogP contribution in [0.15, 0.2) is 62.8 Å². The first-order valence-electron chi connectivity index (χ1n) is 7.68. The van der Waals surface area contributed by atoms with Gasteiger partial charge >= 0.3 is 6.36 Å². The maximum absolute atomic E-state index is 12.3. The molecule has 5 nitrogen and oxygen atoms in total. The van der Waals surface area contributed by atoms with Crippen molar-refractivity contribution in [2.45, 2.75) is 11.6 Å². The molecule has 4 aromatic rings. The van der Waals surface area contributed by atoms with Crippen molar-refractivity contribution in [1.29, 1.82) is 0 Å². The van der Waals surface area contributed by atoms with Gasteiger partial charge < -0.3 is 13.6 Å². The van der Waals surface area contributed by atoms with E-state index in [9.17, 15) is 13.2 Å². The van der Waals surface area contributed by atoms with Gasteiger partial charge in [-0.25, -0.2) is 0 Å². The molecule has 4 rings (SSSR count). The van der Waals surface area contributed by atoms with Crippen molar-refractivity contribution >= 4 is 22.7 Å². The summed E-state index contributed by atoms with van der Waals surface area (Å²) in [5.41, 5.74) is 2.77. The number of alkyl halides is 3. The Hall–Kier alpha value is -2.94. The van der Waals surface area contributed by atoms with Gasteiger partial charge in [-0.3, -0.25) is 0 Å². The molecule has 0 aliphatic carbocycles. The summed E-state index contributed by atoms with van der Waals surface area (Å²) in [6, 6.07) is 11.0. The van der Waals surface area contributed by atoms with Gasteiger partial charge in [0.25, 0.3) is 5.22 Å². The third-order valence-electron chi connectivity index (χ3n) is 3.80. The van der Waals surface area contributed by atoms with E-state index in [0.717, 1.165) is 16.5 Å². The van der Waals surface area contributed by atoms with Gasteiger partial charge in [-0.15, -0.1) is 23.4 Å². The first-order chi connectivity index (χ1) is 12.9. The molecule has 0 saturated heterocycles. The lowest BCUT2D eigenvalue weighted by Gasteiger charge is -2.09. The molecule has 0 atom stereocenters.